The first-order chi connectivity index (χ1) is 18.7. The van der Waals surface area contributed by atoms with Crippen molar-refractivity contribution in [3.63, 3.8) is 0 Å². The van der Waals surface area contributed by atoms with Crippen LogP contribution in [0.4, 0.5) is 34.6 Å². The number of amides is 2. The molecule has 1 saturated heterocycles. The van der Waals surface area contributed by atoms with Crippen molar-refractivity contribution in [2.45, 2.75) is 11.1 Å². The van der Waals surface area contributed by atoms with Gasteiger partial charge in [-0.2, -0.15) is 13.2 Å². The first-order valence-corrected chi connectivity index (χ1v) is 13.2. The van der Waals surface area contributed by atoms with Crippen LogP contribution in [-0.4, -0.2) is 42.2 Å². The average molecular weight is 555 g/mol. The first kappa shape index (κ1) is 25.3. The summed E-state index contributed by atoms with van der Waals surface area (Å²) < 4.78 is 53.2. The number of hydrogen-bond acceptors (Lipinski definition) is 4. The molecule has 6 rings (SSSR count). The molecule has 200 valence electrons. The summed E-state index contributed by atoms with van der Waals surface area (Å²) >= 11 is 1.40. The Bertz CT molecular complexity index is 1600. The zero-order chi connectivity index (χ0) is 27.3. The van der Waals surface area contributed by atoms with Crippen molar-refractivity contribution in [1.29, 1.82) is 0 Å². The number of aromatic amines is 1. The zero-order valence-electron chi connectivity index (χ0n) is 20.4. The molecule has 0 aliphatic carbocycles. The van der Waals surface area contributed by atoms with Crippen molar-refractivity contribution in [1.82, 2.24) is 4.98 Å². The number of nitrogens with zero attached hydrogens (tertiary/aromatic N) is 2. The quantitative estimate of drug-likeness (QED) is 0.290. The van der Waals surface area contributed by atoms with Crippen LogP contribution in [0.5, 0.6) is 0 Å². The van der Waals surface area contributed by atoms with Crippen LogP contribution in [0, 0.1) is 11.7 Å². The molecule has 0 spiro atoms. The molecule has 39 heavy (non-hydrogen) atoms. The Morgan fingerprint density at radius 2 is 1.87 bits per heavy atom. The van der Waals surface area contributed by atoms with Gasteiger partial charge in [0.05, 0.1) is 22.7 Å². The molecular formula is C28H22F4N4O2S. The van der Waals surface area contributed by atoms with Crippen LogP contribution in [0.15, 0.2) is 71.8 Å². The van der Waals surface area contributed by atoms with E-state index < -0.39 is 17.6 Å². The maximum atomic E-state index is 13.8. The number of H-pyrrole nitrogens is 1. The fourth-order valence-corrected chi connectivity index (χ4v) is 5.90. The molecule has 4 aromatic rings. The van der Waals surface area contributed by atoms with E-state index in [-0.39, 0.29) is 29.2 Å². The highest BCUT2D eigenvalue weighted by molar-refractivity contribution is 8.00. The molecule has 6 nitrogen and oxygen atoms in total. The van der Waals surface area contributed by atoms with Gasteiger partial charge in [-0.05, 0) is 42.5 Å². The van der Waals surface area contributed by atoms with Crippen LogP contribution < -0.4 is 15.1 Å². The highest BCUT2D eigenvalue weighted by Crippen LogP contribution is 2.39. The van der Waals surface area contributed by atoms with Gasteiger partial charge in [-0.3, -0.25) is 9.59 Å². The van der Waals surface area contributed by atoms with E-state index in [1.165, 1.54) is 11.8 Å². The van der Waals surface area contributed by atoms with Gasteiger partial charge in [-0.25, -0.2) is 4.39 Å². The highest BCUT2D eigenvalue weighted by Gasteiger charge is 2.36. The maximum Gasteiger partial charge on any atom is 0.416 e. The number of fused-ring (bicyclic) bond motifs is 2. The number of rotatable bonds is 5. The Morgan fingerprint density at radius 3 is 2.67 bits per heavy atom. The lowest BCUT2D eigenvalue weighted by Crippen LogP contribution is -2.53. The van der Waals surface area contributed by atoms with E-state index in [2.05, 4.69) is 10.3 Å². The Hall–Kier alpha value is -3.99. The second-order valence-corrected chi connectivity index (χ2v) is 10.7. The van der Waals surface area contributed by atoms with Gasteiger partial charge in [-0.1, -0.05) is 18.2 Å². The van der Waals surface area contributed by atoms with Gasteiger partial charge in [0.25, 0.3) is 5.91 Å². The smallest absolute Gasteiger partial charge is 0.371 e. The number of carbonyl (C=O) groups is 2. The predicted octanol–water partition coefficient (Wildman–Crippen LogP) is 6.15. The van der Waals surface area contributed by atoms with Crippen molar-refractivity contribution in [3.05, 3.63) is 83.8 Å². The van der Waals surface area contributed by atoms with E-state index in [4.69, 9.17) is 0 Å². The van der Waals surface area contributed by atoms with Gasteiger partial charge in [-0.15, -0.1) is 11.8 Å². The van der Waals surface area contributed by atoms with E-state index in [9.17, 15) is 27.2 Å². The third-order valence-electron chi connectivity index (χ3n) is 6.97. The van der Waals surface area contributed by atoms with Gasteiger partial charge in [0.2, 0.25) is 5.91 Å². The van der Waals surface area contributed by atoms with Gasteiger partial charge in [0.1, 0.15) is 5.82 Å². The largest absolute Gasteiger partial charge is 0.416 e. The summed E-state index contributed by atoms with van der Waals surface area (Å²) in [6, 6.07) is 15.3. The molecule has 3 aromatic carbocycles. The number of benzene rings is 3. The number of hydrogen-bond donors (Lipinski definition) is 2. The molecule has 0 unspecified atom stereocenters. The molecule has 3 heterocycles. The molecule has 0 radical (unpaired) electrons. The standard InChI is InChI=1S/C28H22F4N4O2S/c29-19-8-18(28(30,31)32)9-20(10-19)35-12-16(13-35)14-36-24-7-17(5-6-25(24)39-15-26(36)37)27(38)34-23-11-33-22-4-2-1-3-21(22)23/h1-11,16,33H,12-15H2,(H,34,38). The van der Waals surface area contributed by atoms with Gasteiger partial charge >= 0.3 is 6.18 Å². The summed E-state index contributed by atoms with van der Waals surface area (Å²) in [5, 5.41) is 3.80. The number of thioether (sulfide) groups is 1. The van der Waals surface area contributed by atoms with Crippen molar-refractivity contribution >= 4 is 51.5 Å². The second-order valence-electron chi connectivity index (χ2n) is 9.64. The minimum Gasteiger partial charge on any atom is -0.371 e. The number of carbonyl (C=O) groups excluding carboxylic acids is 2. The lowest BCUT2D eigenvalue weighted by Gasteiger charge is -2.44. The summed E-state index contributed by atoms with van der Waals surface area (Å²) in [4.78, 5) is 33.3. The summed E-state index contributed by atoms with van der Waals surface area (Å²) in [6.07, 6.45) is -2.91. The van der Waals surface area contributed by atoms with Crippen LogP contribution in [0.25, 0.3) is 10.9 Å². The Balaban J connectivity index is 1.17. The molecule has 0 bridgehead atoms. The lowest BCUT2D eigenvalue weighted by atomic mass is 9.97. The number of halogens is 4. The molecule has 2 aliphatic heterocycles. The molecule has 11 heteroatoms. The molecule has 2 N–H and O–H groups in total. The lowest BCUT2D eigenvalue weighted by molar-refractivity contribution is -0.137. The van der Waals surface area contributed by atoms with Crippen molar-refractivity contribution in [2.24, 2.45) is 5.92 Å². The molecule has 2 aliphatic rings. The highest BCUT2D eigenvalue weighted by atomic mass is 32.2. The van der Waals surface area contributed by atoms with E-state index in [1.54, 1.807) is 28.1 Å². The Morgan fingerprint density at radius 1 is 1.08 bits per heavy atom. The summed E-state index contributed by atoms with van der Waals surface area (Å²) in [7, 11) is 0. The molecule has 0 atom stereocenters. The molecule has 1 fully saturated rings. The van der Waals surface area contributed by atoms with E-state index in [0.717, 1.165) is 27.9 Å². The van der Waals surface area contributed by atoms with Gasteiger partial charge in [0, 0.05) is 58.8 Å². The zero-order valence-corrected chi connectivity index (χ0v) is 21.2. The predicted molar refractivity (Wildman–Crippen MR) is 143 cm³/mol. The van der Waals surface area contributed by atoms with Crippen molar-refractivity contribution < 1.29 is 27.2 Å². The summed E-state index contributed by atoms with van der Waals surface area (Å²) in [5.41, 5.74) is 1.71. The Kier molecular flexibility index (Phi) is 6.25. The third-order valence-corrected chi connectivity index (χ3v) is 8.02. The van der Waals surface area contributed by atoms with Crippen LogP contribution in [0.1, 0.15) is 15.9 Å². The van der Waals surface area contributed by atoms with Crippen molar-refractivity contribution in [2.75, 3.05) is 40.5 Å². The topological polar surface area (TPSA) is 68.4 Å². The van der Waals surface area contributed by atoms with Crippen LogP contribution in [0.2, 0.25) is 0 Å². The maximum absolute atomic E-state index is 13.8. The second kappa shape index (κ2) is 9.64. The van der Waals surface area contributed by atoms with Crippen LogP contribution in [-0.2, 0) is 11.0 Å². The number of aromatic nitrogens is 1. The normalized spacial score (nSPS) is 15.8. The summed E-state index contributed by atoms with van der Waals surface area (Å²) in [5.74, 6) is -1.13. The first-order valence-electron chi connectivity index (χ1n) is 12.2. The van der Waals surface area contributed by atoms with E-state index in [0.29, 0.717) is 42.6 Å². The minimum atomic E-state index is -4.64. The van der Waals surface area contributed by atoms with E-state index in [1.807, 2.05) is 30.3 Å². The monoisotopic (exact) mass is 554 g/mol. The molecule has 0 saturated carbocycles. The fraction of sp³-hybridized carbons (Fsp3) is 0.214. The minimum absolute atomic E-state index is 0.0220. The fourth-order valence-electron chi connectivity index (χ4n) is 4.99. The summed E-state index contributed by atoms with van der Waals surface area (Å²) in [6.45, 7) is 1.11. The molecular weight excluding hydrogens is 532 g/mol. The number of nitrogens with one attached hydrogen (secondary N) is 2. The molecule has 1 aromatic heterocycles. The third kappa shape index (κ3) is 4.94. The number of alkyl halides is 3. The molecule has 2 amide bonds. The SMILES string of the molecule is O=C(Nc1c[nH]c2ccccc12)c1ccc2c(c1)N(CC1CN(c3cc(F)cc(C(F)(F)F)c3)C1)C(=O)CS2. The Labute approximate surface area is 225 Å². The van der Waals surface area contributed by atoms with Gasteiger partial charge in [0.15, 0.2) is 0 Å². The number of para-hydroxylation sites is 1. The van der Waals surface area contributed by atoms with Crippen LogP contribution in [0.3, 0.4) is 0 Å². The van der Waals surface area contributed by atoms with Gasteiger partial charge < -0.3 is 20.1 Å². The average Bonchev–Trinajstić information content (AvgIpc) is 3.28. The number of anilines is 3. The van der Waals surface area contributed by atoms with Crippen molar-refractivity contribution in [3.8, 4) is 0 Å². The van der Waals surface area contributed by atoms with Crippen LogP contribution >= 0.6 is 11.8 Å². The van der Waals surface area contributed by atoms with E-state index >= 15 is 0 Å².